The van der Waals surface area contributed by atoms with Gasteiger partial charge in [-0.3, -0.25) is 4.79 Å². The van der Waals surface area contributed by atoms with E-state index in [9.17, 15) is 4.79 Å². The number of piperidine rings is 1. The molecule has 2 saturated heterocycles. The first-order chi connectivity index (χ1) is 4.36. The van der Waals surface area contributed by atoms with E-state index in [1.165, 1.54) is 0 Å². The fraction of sp³-hybridized carbons (Fsp3) is 0.833. The molecule has 2 unspecified atom stereocenters. The van der Waals surface area contributed by atoms with Gasteiger partial charge < -0.3 is 10.6 Å². The average molecular weight is 126 g/mol. The van der Waals surface area contributed by atoms with Crippen LogP contribution in [0.5, 0.6) is 0 Å². The summed E-state index contributed by atoms with van der Waals surface area (Å²) >= 11 is 0. The topological polar surface area (TPSA) is 41.1 Å². The molecule has 2 aliphatic heterocycles. The van der Waals surface area contributed by atoms with Gasteiger partial charge in [0.05, 0.1) is 0 Å². The summed E-state index contributed by atoms with van der Waals surface area (Å²) in [5.74, 6) is 0.858. The highest BCUT2D eigenvalue weighted by molar-refractivity contribution is 5.77. The maximum atomic E-state index is 10.7. The molecule has 0 aliphatic carbocycles. The summed E-state index contributed by atoms with van der Waals surface area (Å²) < 4.78 is 0. The van der Waals surface area contributed by atoms with Crippen LogP contribution in [0.25, 0.3) is 0 Å². The Hall–Kier alpha value is -0.570. The van der Waals surface area contributed by atoms with Crippen LogP contribution in [0.3, 0.4) is 0 Å². The summed E-state index contributed by atoms with van der Waals surface area (Å²) in [5, 5.41) is 6.07. The molecule has 2 N–H and O–H groups in total. The molecular weight excluding hydrogens is 116 g/mol. The van der Waals surface area contributed by atoms with Crippen LogP contribution in [-0.4, -0.2) is 25.0 Å². The molecule has 0 bridgehead atoms. The van der Waals surface area contributed by atoms with Crippen molar-refractivity contribution in [2.24, 2.45) is 5.92 Å². The molecule has 2 aliphatic rings. The first-order valence-corrected chi connectivity index (χ1v) is 3.36. The van der Waals surface area contributed by atoms with Gasteiger partial charge in [0, 0.05) is 25.6 Å². The predicted octanol–water partition coefficient (Wildman–Crippen LogP) is -0.906. The minimum Gasteiger partial charge on any atom is -0.355 e. The van der Waals surface area contributed by atoms with Gasteiger partial charge in [-0.2, -0.15) is 0 Å². The number of nitrogens with one attached hydrogen (secondary N) is 2. The van der Waals surface area contributed by atoms with E-state index in [0.29, 0.717) is 12.0 Å². The van der Waals surface area contributed by atoms with Gasteiger partial charge in [0.25, 0.3) is 0 Å². The third-order valence-corrected chi connectivity index (χ3v) is 2.18. The Bertz CT molecular complexity index is 146. The van der Waals surface area contributed by atoms with E-state index in [1.807, 2.05) is 0 Å². The van der Waals surface area contributed by atoms with E-state index in [4.69, 9.17) is 0 Å². The lowest BCUT2D eigenvalue weighted by atomic mass is 9.86. The Balaban J connectivity index is 1.99. The van der Waals surface area contributed by atoms with Crippen molar-refractivity contribution in [3.63, 3.8) is 0 Å². The molecule has 0 radical (unpaired) electrons. The number of rotatable bonds is 0. The second-order valence-electron chi connectivity index (χ2n) is 2.78. The SMILES string of the molecule is O=C1CC2CNC2CN1. The second-order valence-corrected chi connectivity index (χ2v) is 2.78. The summed E-state index contributed by atoms with van der Waals surface area (Å²) in [7, 11) is 0. The van der Waals surface area contributed by atoms with Crippen molar-refractivity contribution >= 4 is 5.91 Å². The molecule has 1 amide bonds. The van der Waals surface area contributed by atoms with Gasteiger partial charge in [0.15, 0.2) is 0 Å². The highest BCUT2D eigenvalue weighted by Crippen LogP contribution is 2.19. The Morgan fingerprint density at radius 1 is 1.44 bits per heavy atom. The van der Waals surface area contributed by atoms with Crippen molar-refractivity contribution < 1.29 is 4.79 Å². The second kappa shape index (κ2) is 1.70. The van der Waals surface area contributed by atoms with E-state index >= 15 is 0 Å². The van der Waals surface area contributed by atoms with Crippen LogP contribution < -0.4 is 10.6 Å². The molecule has 3 nitrogen and oxygen atoms in total. The van der Waals surface area contributed by atoms with Crippen molar-refractivity contribution in [1.29, 1.82) is 0 Å². The lowest BCUT2D eigenvalue weighted by Gasteiger charge is -2.41. The number of carbonyl (C=O) groups is 1. The number of carbonyl (C=O) groups excluding carboxylic acids is 1. The maximum Gasteiger partial charge on any atom is 0.220 e. The minimum absolute atomic E-state index is 0.220. The largest absolute Gasteiger partial charge is 0.355 e. The zero-order valence-corrected chi connectivity index (χ0v) is 5.18. The van der Waals surface area contributed by atoms with Crippen molar-refractivity contribution in [1.82, 2.24) is 10.6 Å². The normalized spacial score (nSPS) is 40.7. The van der Waals surface area contributed by atoms with E-state index < -0.39 is 0 Å². The van der Waals surface area contributed by atoms with Crippen molar-refractivity contribution in [3.8, 4) is 0 Å². The zero-order valence-electron chi connectivity index (χ0n) is 5.18. The van der Waals surface area contributed by atoms with Gasteiger partial charge in [0.1, 0.15) is 0 Å². The average Bonchev–Trinajstić information content (AvgIpc) is 1.78. The molecule has 2 rings (SSSR count). The molecule has 2 atom stereocenters. The Morgan fingerprint density at radius 2 is 2.33 bits per heavy atom. The molecule has 2 heterocycles. The van der Waals surface area contributed by atoms with E-state index in [0.717, 1.165) is 19.5 Å². The summed E-state index contributed by atoms with van der Waals surface area (Å²) in [6.45, 7) is 1.88. The highest BCUT2D eigenvalue weighted by atomic mass is 16.1. The minimum atomic E-state index is 0.220. The molecule has 50 valence electrons. The van der Waals surface area contributed by atoms with Crippen LogP contribution in [0.1, 0.15) is 6.42 Å². The monoisotopic (exact) mass is 126 g/mol. The summed E-state index contributed by atoms with van der Waals surface area (Å²) in [4.78, 5) is 10.7. The molecule has 0 aromatic carbocycles. The van der Waals surface area contributed by atoms with Crippen LogP contribution in [0.2, 0.25) is 0 Å². The summed E-state index contributed by atoms with van der Waals surface area (Å²) in [5.41, 5.74) is 0. The van der Waals surface area contributed by atoms with E-state index in [1.54, 1.807) is 0 Å². The highest BCUT2D eigenvalue weighted by Gasteiger charge is 2.35. The van der Waals surface area contributed by atoms with Gasteiger partial charge in [-0.25, -0.2) is 0 Å². The summed E-state index contributed by atoms with van der Waals surface area (Å²) in [6.07, 6.45) is 0.734. The lowest BCUT2D eigenvalue weighted by Crippen LogP contribution is -2.62. The van der Waals surface area contributed by atoms with Gasteiger partial charge in [-0.15, -0.1) is 0 Å². The Labute approximate surface area is 53.8 Å². The molecule has 0 saturated carbocycles. The van der Waals surface area contributed by atoms with Crippen molar-refractivity contribution in [2.75, 3.05) is 13.1 Å². The molecular formula is C6H10N2O. The maximum absolute atomic E-state index is 10.7. The van der Waals surface area contributed by atoms with Crippen LogP contribution >= 0.6 is 0 Å². The molecule has 0 spiro atoms. The van der Waals surface area contributed by atoms with Crippen LogP contribution in [0.15, 0.2) is 0 Å². The first kappa shape index (κ1) is 5.23. The van der Waals surface area contributed by atoms with Gasteiger partial charge in [-0.05, 0) is 5.92 Å². The standard InChI is InChI=1S/C6H10N2O/c9-6-1-4-2-7-5(4)3-8-6/h4-5,7H,1-3H2,(H,8,9). The number of hydrogen-bond donors (Lipinski definition) is 2. The van der Waals surface area contributed by atoms with Gasteiger partial charge in [0.2, 0.25) is 5.91 Å². The number of fused-ring (bicyclic) bond motifs is 1. The van der Waals surface area contributed by atoms with Crippen molar-refractivity contribution in [3.05, 3.63) is 0 Å². The third-order valence-electron chi connectivity index (χ3n) is 2.18. The quantitative estimate of drug-likeness (QED) is 0.441. The van der Waals surface area contributed by atoms with E-state index in [2.05, 4.69) is 10.6 Å². The van der Waals surface area contributed by atoms with Gasteiger partial charge in [-0.1, -0.05) is 0 Å². The Morgan fingerprint density at radius 3 is 2.78 bits per heavy atom. The predicted molar refractivity (Wildman–Crippen MR) is 32.9 cm³/mol. The van der Waals surface area contributed by atoms with Crippen molar-refractivity contribution in [2.45, 2.75) is 12.5 Å². The van der Waals surface area contributed by atoms with Crippen LogP contribution in [-0.2, 0) is 4.79 Å². The third kappa shape index (κ3) is 0.721. The number of hydrogen-bond acceptors (Lipinski definition) is 2. The molecule has 3 heteroatoms. The summed E-state index contributed by atoms with van der Waals surface area (Å²) in [6, 6.07) is 0.586. The molecule has 9 heavy (non-hydrogen) atoms. The Kier molecular flexibility index (Phi) is 0.990. The zero-order chi connectivity index (χ0) is 6.27. The van der Waals surface area contributed by atoms with Crippen LogP contribution in [0.4, 0.5) is 0 Å². The lowest BCUT2D eigenvalue weighted by molar-refractivity contribution is -0.125. The molecule has 2 fully saturated rings. The fourth-order valence-electron chi connectivity index (χ4n) is 1.44. The fourth-order valence-corrected chi connectivity index (χ4v) is 1.44. The smallest absolute Gasteiger partial charge is 0.220 e. The number of amides is 1. The molecule has 0 aromatic rings. The van der Waals surface area contributed by atoms with Crippen LogP contribution in [0, 0.1) is 5.92 Å². The van der Waals surface area contributed by atoms with Gasteiger partial charge >= 0.3 is 0 Å². The first-order valence-electron chi connectivity index (χ1n) is 3.36. The molecule has 0 aromatic heterocycles. The van der Waals surface area contributed by atoms with E-state index in [-0.39, 0.29) is 5.91 Å².